The fraction of sp³-hybridized carbons (Fsp3) is 0.462. The molecular formula is C26H29F3N4O4. The monoisotopic (exact) mass is 518 g/mol. The number of nitrogens with one attached hydrogen (secondary N) is 1. The minimum Gasteiger partial charge on any atom is -0.496 e. The third-order valence-corrected chi connectivity index (χ3v) is 6.55. The molecule has 5 rings (SSSR count). The molecule has 3 heterocycles. The van der Waals surface area contributed by atoms with E-state index in [1.165, 1.54) is 13.2 Å². The van der Waals surface area contributed by atoms with Gasteiger partial charge in [-0.25, -0.2) is 9.37 Å². The number of piperidine rings is 1. The number of nitrogens with zero attached hydrogens (tertiary/aromatic N) is 3. The Morgan fingerprint density at radius 2 is 2.03 bits per heavy atom. The quantitative estimate of drug-likeness (QED) is 0.431. The summed E-state index contributed by atoms with van der Waals surface area (Å²) in [5, 5.41) is 2.79. The van der Waals surface area contributed by atoms with E-state index in [1.807, 2.05) is 0 Å². The zero-order chi connectivity index (χ0) is 25.9. The number of imidazole rings is 1. The topological polar surface area (TPSA) is 77.3 Å². The van der Waals surface area contributed by atoms with Crippen LogP contribution in [0.5, 0.6) is 17.2 Å². The second-order valence-corrected chi connectivity index (χ2v) is 9.30. The maximum atomic E-state index is 13.6. The third kappa shape index (κ3) is 5.93. The van der Waals surface area contributed by atoms with Crippen molar-refractivity contribution in [2.24, 2.45) is 0 Å². The molecule has 2 aromatic heterocycles. The molecule has 1 aromatic carbocycles. The Morgan fingerprint density at radius 1 is 1.22 bits per heavy atom. The van der Waals surface area contributed by atoms with E-state index in [9.17, 15) is 18.0 Å². The van der Waals surface area contributed by atoms with E-state index in [0.29, 0.717) is 48.8 Å². The van der Waals surface area contributed by atoms with Crippen molar-refractivity contribution in [3.05, 3.63) is 42.2 Å². The van der Waals surface area contributed by atoms with E-state index in [2.05, 4.69) is 15.2 Å². The SMILES string of the molecule is COc1cc(-c2cnc3cc(OCCN4CCCC(F)C4)ccn23)cc(OC(F)F)c1C(=O)NC1CC1. The van der Waals surface area contributed by atoms with Gasteiger partial charge in [-0.1, -0.05) is 0 Å². The van der Waals surface area contributed by atoms with Crippen LogP contribution in [-0.2, 0) is 0 Å². The smallest absolute Gasteiger partial charge is 0.387 e. The molecule has 1 amide bonds. The average Bonchev–Trinajstić information content (AvgIpc) is 3.58. The standard InChI is InChI=1S/C26H29F3N4O4/c1-35-21-11-16(12-22(37-26(28)29)24(21)25(34)31-18-4-5-18)20-14-30-23-13-19(6-8-33(20)23)36-10-9-32-7-2-3-17(27)15-32/h6,8,11-14,17-18,26H,2-5,7,9-10,15H2,1H3,(H,31,34). The zero-order valence-electron chi connectivity index (χ0n) is 20.5. The maximum Gasteiger partial charge on any atom is 0.387 e. The van der Waals surface area contributed by atoms with Crippen molar-refractivity contribution in [3.8, 4) is 28.5 Å². The number of aromatic nitrogens is 2. The van der Waals surface area contributed by atoms with Gasteiger partial charge in [-0.05, 0) is 50.4 Å². The molecule has 8 nitrogen and oxygen atoms in total. The van der Waals surface area contributed by atoms with Gasteiger partial charge in [0.2, 0.25) is 0 Å². The Labute approximate surface area is 212 Å². The van der Waals surface area contributed by atoms with Gasteiger partial charge in [-0.3, -0.25) is 14.1 Å². The average molecular weight is 519 g/mol. The van der Waals surface area contributed by atoms with Gasteiger partial charge in [0.05, 0.1) is 19.0 Å². The molecule has 1 saturated carbocycles. The van der Waals surface area contributed by atoms with Crippen molar-refractivity contribution in [1.29, 1.82) is 0 Å². The molecular weight excluding hydrogens is 489 g/mol. The fourth-order valence-corrected chi connectivity index (χ4v) is 4.56. The first-order valence-electron chi connectivity index (χ1n) is 12.4. The maximum absolute atomic E-state index is 13.6. The summed E-state index contributed by atoms with van der Waals surface area (Å²) in [6.07, 6.45) is 5.75. The summed E-state index contributed by atoms with van der Waals surface area (Å²) >= 11 is 0. The molecule has 2 aliphatic rings. The molecule has 0 bridgehead atoms. The molecule has 0 spiro atoms. The summed E-state index contributed by atoms with van der Waals surface area (Å²) in [7, 11) is 1.37. The fourth-order valence-electron chi connectivity index (χ4n) is 4.56. The van der Waals surface area contributed by atoms with Gasteiger partial charge in [-0.15, -0.1) is 0 Å². The van der Waals surface area contributed by atoms with Gasteiger partial charge in [-0.2, -0.15) is 8.78 Å². The normalized spacial score (nSPS) is 18.2. The highest BCUT2D eigenvalue weighted by molar-refractivity contribution is 6.01. The first kappa shape index (κ1) is 25.2. The number of carbonyl (C=O) groups excluding carboxylic acids is 1. The molecule has 1 unspecified atom stereocenters. The predicted molar refractivity (Wildman–Crippen MR) is 130 cm³/mol. The van der Waals surface area contributed by atoms with Gasteiger partial charge in [0.25, 0.3) is 5.91 Å². The molecule has 1 aliphatic carbocycles. The van der Waals surface area contributed by atoms with E-state index in [-0.39, 0.29) is 23.1 Å². The number of amides is 1. The number of hydrogen-bond donors (Lipinski definition) is 1. The second kappa shape index (κ2) is 10.9. The van der Waals surface area contributed by atoms with Crippen molar-refractivity contribution >= 4 is 11.6 Å². The number of pyridine rings is 1. The van der Waals surface area contributed by atoms with E-state index in [1.54, 1.807) is 35.0 Å². The van der Waals surface area contributed by atoms with Crippen molar-refractivity contribution in [3.63, 3.8) is 0 Å². The summed E-state index contributed by atoms with van der Waals surface area (Å²) in [4.78, 5) is 19.2. The number of fused-ring (bicyclic) bond motifs is 1. The lowest BCUT2D eigenvalue weighted by atomic mass is 10.1. The molecule has 2 fully saturated rings. The molecule has 1 atom stereocenters. The molecule has 1 saturated heterocycles. The summed E-state index contributed by atoms with van der Waals surface area (Å²) in [6.45, 7) is -0.748. The number of halogens is 3. The van der Waals surface area contributed by atoms with Crippen LogP contribution in [0.25, 0.3) is 16.9 Å². The van der Waals surface area contributed by atoms with Crippen LogP contribution in [0, 0.1) is 0 Å². The van der Waals surface area contributed by atoms with Gasteiger partial charge in [0, 0.05) is 37.0 Å². The third-order valence-electron chi connectivity index (χ3n) is 6.55. The minimum atomic E-state index is -3.12. The molecule has 198 valence electrons. The van der Waals surface area contributed by atoms with E-state index >= 15 is 0 Å². The first-order valence-corrected chi connectivity index (χ1v) is 12.4. The molecule has 11 heteroatoms. The van der Waals surface area contributed by atoms with Crippen molar-refractivity contribution in [1.82, 2.24) is 19.6 Å². The van der Waals surface area contributed by atoms with Gasteiger partial charge < -0.3 is 19.5 Å². The van der Waals surface area contributed by atoms with Crippen molar-refractivity contribution in [2.75, 3.05) is 33.4 Å². The molecule has 0 radical (unpaired) electrons. The van der Waals surface area contributed by atoms with Crippen LogP contribution < -0.4 is 19.5 Å². The Hall–Kier alpha value is -3.47. The van der Waals surface area contributed by atoms with E-state index in [4.69, 9.17) is 14.2 Å². The largest absolute Gasteiger partial charge is 0.496 e. The number of likely N-dealkylation sites (tertiary alicyclic amines) is 1. The number of carbonyl (C=O) groups is 1. The molecule has 3 aromatic rings. The predicted octanol–water partition coefficient (Wildman–Crippen LogP) is 4.32. The Balaban J connectivity index is 1.37. The van der Waals surface area contributed by atoms with Crippen LogP contribution in [0.1, 0.15) is 36.0 Å². The summed E-state index contributed by atoms with van der Waals surface area (Å²) in [5.41, 5.74) is 1.59. The lowest BCUT2D eigenvalue weighted by Crippen LogP contribution is -2.38. The molecule has 37 heavy (non-hydrogen) atoms. The summed E-state index contributed by atoms with van der Waals surface area (Å²) < 4.78 is 57.8. The van der Waals surface area contributed by atoms with Crippen LogP contribution in [0.15, 0.2) is 36.7 Å². The van der Waals surface area contributed by atoms with E-state index in [0.717, 1.165) is 25.8 Å². The van der Waals surface area contributed by atoms with Crippen LogP contribution >= 0.6 is 0 Å². The second-order valence-electron chi connectivity index (χ2n) is 9.30. The highest BCUT2D eigenvalue weighted by Gasteiger charge is 2.29. The zero-order valence-corrected chi connectivity index (χ0v) is 20.5. The Kier molecular flexibility index (Phi) is 7.40. The van der Waals surface area contributed by atoms with Crippen LogP contribution in [-0.4, -0.2) is 72.4 Å². The summed E-state index contributed by atoms with van der Waals surface area (Å²) in [5.74, 6) is -0.0574. The highest BCUT2D eigenvalue weighted by Crippen LogP contribution is 2.37. The van der Waals surface area contributed by atoms with Crippen LogP contribution in [0.3, 0.4) is 0 Å². The van der Waals surface area contributed by atoms with Crippen LogP contribution in [0.2, 0.25) is 0 Å². The number of methoxy groups -OCH3 is 1. The lowest BCUT2D eigenvalue weighted by Gasteiger charge is -2.28. The molecule has 1 aliphatic heterocycles. The lowest BCUT2D eigenvalue weighted by molar-refractivity contribution is -0.0502. The van der Waals surface area contributed by atoms with Crippen molar-refractivity contribution < 1.29 is 32.2 Å². The number of benzene rings is 1. The van der Waals surface area contributed by atoms with Crippen LogP contribution in [0.4, 0.5) is 13.2 Å². The van der Waals surface area contributed by atoms with Gasteiger partial charge in [0.15, 0.2) is 0 Å². The van der Waals surface area contributed by atoms with Gasteiger partial charge in [0.1, 0.15) is 41.2 Å². The highest BCUT2D eigenvalue weighted by atomic mass is 19.3. The Bertz CT molecular complexity index is 1260. The summed E-state index contributed by atoms with van der Waals surface area (Å²) in [6, 6.07) is 6.57. The van der Waals surface area contributed by atoms with Crippen molar-refractivity contribution in [2.45, 2.75) is 44.5 Å². The minimum absolute atomic E-state index is 0.0342. The Morgan fingerprint density at radius 3 is 2.76 bits per heavy atom. The number of ether oxygens (including phenoxy) is 3. The van der Waals surface area contributed by atoms with E-state index < -0.39 is 18.7 Å². The van der Waals surface area contributed by atoms with Gasteiger partial charge >= 0.3 is 6.61 Å². The first-order chi connectivity index (χ1) is 17.9. The molecule has 1 N–H and O–H groups in total. The number of hydrogen-bond acceptors (Lipinski definition) is 6. The number of rotatable bonds is 10. The number of alkyl halides is 3.